The van der Waals surface area contributed by atoms with E-state index in [1.807, 2.05) is 0 Å². The van der Waals surface area contributed by atoms with E-state index >= 15 is 0 Å². The van der Waals surface area contributed by atoms with E-state index in [0.717, 1.165) is 0 Å². The van der Waals surface area contributed by atoms with Crippen molar-refractivity contribution in [2.24, 2.45) is 5.73 Å². The molecule has 0 aromatic rings. The fourth-order valence-electron chi connectivity index (χ4n) is 1.74. The van der Waals surface area contributed by atoms with Gasteiger partial charge in [-0.2, -0.15) is 0 Å². The molecule has 0 spiro atoms. The van der Waals surface area contributed by atoms with E-state index in [1.54, 1.807) is 0 Å². The molecule has 0 aromatic carbocycles. The Labute approximate surface area is 375 Å². The summed E-state index contributed by atoms with van der Waals surface area (Å²) in [5.74, 6) is -6.19. The average molecular weight is 754 g/mol. The van der Waals surface area contributed by atoms with Gasteiger partial charge in [0.25, 0.3) is 0 Å². The van der Waals surface area contributed by atoms with Crippen LogP contribution < -0.4 is 5.73 Å². The van der Waals surface area contributed by atoms with Gasteiger partial charge in [-0.3, -0.25) is 18.6 Å². The fourth-order valence-corrected chi connectivity index (χ4v) is 2.50. The van der Waals surface area contributed by atoms with Crippen molar-refractivity contribution in [3.8, 4) is 0 Å². The molecular formula is C37H74NO8P. The quantitative estimate of drug-likeness (QED) is 0.0469. The Kier molecular flexibility index (Phi) is 6.04. The van der Waals surface area contributed by atoms with Gasteiger partial charge in [0, 0.05) is 104 Å². The van der Waals surface area contributed by atoms with Crippen LogP contribution >= 0.6 is 7.82 Å². The van der Waals surface area contributed by atoms with Crippen LogP contribution in [0.15, 0.2) is 0 Å². The highest BCUT2D eigenvalue weighted by atomic mass is 31.2. The second kappa shape index (κ2) is 34.9. The van der Waals surface area contributed by atoms with Crippen LogP contribution in [-0.4, -0.2) is 49.3 Å². The summed E-state index contributed by atoms with van der Waals surface area (Å²) in [5, 5.41) is 0. The number of esters is 2. The van der Waals surface area contributed by atoms with Crippen LogP contribution in [0.2, 0.25) is 0 Å². The minimum atomic E-state index is -5.70. The monoisotopic (exact) mass is 754 g/mol. The van der Waals surface area contributed by atoms with Crippen LogP contribution in [0.4, 0.5) is 0 Å². The first-order valence-electron chi connectivity index (χ1n) is 42.9. The molecule has 280 valence electrons. The van der Waals surface area contributed by atoms with Crippen molar-refractivity contribution in [2.75, 3.05) is 26.4 Å². The van der Waals surface area contributed by atoms with Gasteiger partial charge >= 0.3 is 19.8 Å². The number of ether oxygens (including phenoxy) is 2. The summed E-state index contributed by atoms with van der Waals surface area (Å²) >= 11 is 0. The summed E-state index contributed by atoms with van der Waals surface area (Å²) in [7, 11) is -5.70. The third-order valence-corrected chi connectivity index (χ3v) is 4.28. The molecule has 0 amide bonds. The summed E-state index contributed by atoms with van der Waals surface area (Å²) in [5.41, 5.74) is 5.17. The molecule has 47 heavy (non-hydrogen) atoms. The number of phosphoric acid groups is 1. The SMILES string of the molecule is [2H]C([2H])([2H])C([2H])([2H])C([2H])([2H])C([2H])([2H])C([2H])([2H])C([2H])([2H])C([2H])([2H])C([2H])([2H])C([2H])([2H])C([2H])([2H])C([2H])([2H])C([2H])([2H])C([2H])([2H])C([2H])([2H])C([2H])([2H])C(=O)OC[C@H](COP(=O)(O)OCCN)OC(=O)C([2H])([2H])C([2H])([2H])C([2H])([2H])C([2H])([2H])C([2H])([2H])C([2H])([2H])C([2H])([2H])C([2H])([2H])C([2H])([2H])C([2H])([2H])C([2H])([2H])C([2H])([2H])C([2H])([2H])C([2H])([2H])C([2H])([2H])[2H]. The highest BCUT2D eigenvalue weighted by molar-refractivity contribution is 7.47. The first-order chi connectivity index (χ1) is 46.2. The zero-order valence-electron chi connectivity index (χ0n) is 85.7. The molecule has 0 aliphatic carbocycles. The summed E-state index contributed by atoms with van der Waals surface area (Å²) in [6.45, 7) is -14.5. The lowest BCUT2D eigenvalue weighted by Crippen LogP contribution is -2.29. The maximum absolute atomic E-state index is 13.8. The molecule has 0 saturated heterocycles. The molecule has 2 atom stereocenters. The Bertz CT molecular complexity index is 3300. The highest BCUT2D eigenvalue weighted by Crippen LogP contribution is 2.43. The lowest BCUT2D eigenvalue weighted by atomic mass is 10.0. The van der Waals surface area contributed by atoms with E-state index in [2.05, 4.69) is 18.5 Å². The van der Waals surface area contributed by atoms with Crippen molar-refractivity contribution in [3.63, 3.8) is 0 Å². The minimum absolute atomic E-state index is 0.657. The van der Waals surface area contributed by atoms with Gasteiger partial charge in [0.15, 0.2) is 6.10 Å². The van der Waals surface area contributed by atoms with Crippen molar-refractivity contribution in [1.29, 1.82) is 0 Å². The molecule has 9 nitrogen and oxygen atoms in total. The van der Waals surface area contributed by atoms with Crippen LogP contribution in [-0.2, 0) is 32.7 Å². The van der Waals surface area contributed by atoms with Gasteiger partial charge in [0.2, 0.25) is 0 Å². The summed E-state index contributed by atoms with van der Waals surface area (Å²) in [4.78, 5) is 37.7. The number of carbonyl (C=O) groups is 2. The maximum atomic E-state index is 13.8. The number of phosphoric ester groups is 1. The third-order valence-electron chi connectivity index (χ3n) is 3.30. The lowest BCUT2D eigenvalue weighted by Gasteiger charge is -2.19. The topological polar surface area (TPSA) is 134 Å². The molecule has 0 aliphatic heterocycles. The standard InChI is InChI=1S/C37H74NO8P/c1-3-5-7-9-11-13-15-17-19-21-23-25-27-29-36(39)43-33-35(34-45-47(41,42)44-32-31-38)46-37(40)30-28-26-24-22-20-18-16-14-12-10-8-6-4-2/h35H,3-34,38H2,1-2H3,(H,41,42)/t35-/m1/s1/i1D3,2D3,3D2,4D2,5D2,6D2,7D2,8D2,9D2,10D2,11D2,12D2,13D2,14D2,15D2,16D2,17D2,18D2,19D2,20D2,21D2,22D2,23D2,24D2,25D2,26D2,27D2,28D2,29D2,30D2. The fraction of sp³-hybridized carbons (Fsp3) is 0.946. The molecule has 3 N–H and O–H groups in total. The van der Waals surface area contributed by atoms with Gasteiger partial charge < -0.3 is 20.1 Å². The normalized spacial score (nSPS) is 42.0. The predicted octanol–water partition coefficient (Wildman–Crippen LogP) is 10.5. The Balaban J connectivity index is 8.13. The molecule has 0 bridgehead atoms. The Morgan fingerprint density at radius 2 is 1.00 bits per heavy atom. The molecule has 0 fully saturated rings. The molecule has 0 aliphatic rings. The van der Waals surface area contributed by atoms with Crippen LogP contribution in [0.3, 0.4) is 0 Å². The zero-order valence-corrected chi connectivity index (χ0v) is 24.6. The zero-order chi connectivity index (χ0) is 89.9. The highest BCUT2D eigenvalue weighted by Gasteiger charge is 2.26. The van der Waals surface area contributed by atoms with E-state index < -0.39 is 244 Å². The van der Waals surface area contributed by atoms with Crippen LogP contribution in [0, 0.1) is 0 Å². The van der Waals surface area contributed by atoms with Gasteiger partial charge in [0.05, 0.1) is 13.2 Å². The Morgan fingerprint density at radius 3 is 1.40 bits per heavy atom. The number of hydrogen-bond donors (Lipinski definition) is 2. The van der Waals surface area contributed by atoms with Gasteiger partial charge in [0.1, 0.15) is 6.61 Å². The number of rotatable bonds is 37. The van der Waals surface area contributed by atoms with Crippen LogP contribution in [0.5, 0.6) is 0 Å². The smallest absolute Gasteiger partial charge is 0.462 e. The predicted molar refractivity (Wildman–Crippen MR) is 192 cm³/mol. The van der Waals surface area contributed by atoms with Gasteiger partial charge in [-0.25, -0.2) is 4.57 Å². The maximum Gasteiger partial charge on any atom is 0.472 e. The van der Waals surface area contributed by atoms with Gasteiger partial charge in [-0.1, -0.05) is 167 Å². The molecule has 10 heteroatoms. The van der Waals surface area contributed by atoms with E-state index in [4.69, 9.17) is 90.7 Å². The van der Waals surface area contributed by atoms with Crippen molar-refractivity contribution in [3.05, 3.63) is 0 Å². The first kappa shape index (κ1) is 8.14. The number of nitrogens with two attached hydrogens (primary N) is 1. The molecular weight excluding hydrogens is 617 g/mol. The van der Waals surface area contributed by atoms with Crippen molar-refractivity contribution in [2.45, 2.75) is 198 Å². The van der Waals surface area contributed by atoms with Crippen LogP contribution in [0.25, 0.3) is 0 Å². The third kappa shape index (κ3) is 34.7. The lowest BCUT2D eigenvalue weighted by molar-refractivity contribution is -0.161. The van der Waals surface area contributed by atoms with E-state index in [1.165, 1.54) is 0 Å². The molecule has 0 rings (SSSR count). The second-order valence-corrected chi connectivity index (χ2v) is 7.97. The minimum Gasteiger partial charge on any atom is -0.462 e. The van der Waals surface area contributed by atoms with E-state index in [-0.39, 0.29) is 0 Å². The largest absolute Gasteiger partial charge is 0.472 e. The molecule has 0 heterocycles. The molecule has 1 unspecified atom stereocenters. The first-order valence-corrected chi connectivity index (χ1v) is 13.4. The summed E-state index contributed by atoms with van der Waals surface area (Å²) in [6.07, 6.45) is -151. The Morgan fingerprint density at radius 1 is 0.617 bits per heavy atom. The van der Waals surface area contributed by atoms with E-state index in [9.17, 15) is 19.0 Å². The number of carbonyl (C=O) groups excluding carboxylic acids is 2. The Hall–Kier alpha value is -0.990. The van der Waals surface area contributed by atoms with Crippen molar-refractivity contribution >= 4 is 19.8 Å². The van der Waals surface area contributed by atoms with Crippen LogP contribution in [0.1, 0.15) is 277 Å². The molecule has 0 saturated carbocycles. The summed E-state index contributed by atoms with van der Waals surface area (Å²) < 4.78 is 538. The molecule has 0 aromatic heterocycles. The number of hydrogen-bond acceptors (Lipinski definition) is 8. The van der Waals surface area contributed by atoms with Gasteiger partial charge in [-0.15, -0.1) is 0 Å². The van der Waals surface area contributed by atoms with Crippen molar-refractivity contribution in [1.82, 2.24) is 0 Å². The van der Waals surface area contributed by atoms with Crippen molar-refractivity contribution < 1.29 is 123 Å². The average Bonchev–Trinajstić information content (AvgIpc) is 0.682. The molecule has 0 radical (unpaired) electrons. The van der Waals surface area contributed by atoms with E-state index in [0.29, 0.717) is 0 Å². The second-order valence-electron chi connectivity index (χ2n) is 6.51. The van der Waals surface area contributed by atoms with Gasteiger partial charge in [-0.05, 0) is 12.7 Å². The summed E-state index contributed by atoms with van der Waals surface area (Å²) in [6, 6.07) is 0.